The van der Waals surface area contributed by atoms with E-state index in [-0.39, 0.29) is 6.04 Å². The number of ether oxygens (including phenoxy) is 2. The van der Waals surface area contributed by atoms with Gasteiger partial charge in [0.2, 0.25) is 0 Å². The molecule has 2 aromatic rings. The van der Waals surface area contributed by atoms with Crippen LogP contribution in [0, 0.1) is 0 Å². The molecule has 0 saturated carbocycles. The Bertz CT molecular complexity index is 795. The van der Waals surface area contributed by atoms with Crippen molar-refractivity contribution in [1.29, 1.82) is 0 Å². The van der Waals surface area contributed by atoms with Gasteiger partial charge in [0, 0.05) is 11.6 Å². The van der Waals surface area contributed by atoms with E-state index in [1.165, 1.54) is 0 Å². The van der Waals surface area contributed by atoms with Crippen LogP contribution in [0.4, 0.5) is 0 Å². The summed E-state index contributed by atoms with van der Waals surface area (Å²) in [5.74, 6) is 0.429. The normalized spacial score (nSPS) is 18.5. The Morgan fingerprint density at radius 2 is 1.92 bits per heavy atom. The number of hydrogen-bond acceptors (Lipinski definition) is 4. The van der Waals surface area contributed by atoms with Gasteiger partial charge < -0.3 is 14.6 Å². The van der Waals surface area contributed by atoms with Crippen molar-refractivity contribution in [3.05, 3.63) is 58.6 Å². The average molecular weight is 376 g/mol. The highest BCUT2D eigenvalue weighted by atomic mass is 35.5. The molecule has 0 aliphatic carbocycles. The van der Waals surface area contributed by atoms with E-state index in [1.807, 2.05) is 47.4 Å². The molecule has 2 unspecified atom stereocenters. The van der Waals surface area contributed by atoms with Crippen molar-refractivity contribution in [3.8, 4) is 11.5 Å². The molecule has 0 spiro atoms. The fourth-order valence-corrected chi connectivity index (χ4v) is 3.87. The summed E-state index contributed by atoms with van der Waals surface area (Å²) in [6.07, 6.45) is 1.47. The number of likely N-dealkylation sites (tertiary alicyclic amines) is 1. The van der Waals surface area contributed by atoms with Crippen LogP contribution in [0.3, 0.4) is 0 Å². The highest BCUT2D eigenvalue weighted by Gasteiger charge is 2.37. The largest absolute Gasteiger partial charge is 0.493 e. The van der Waals surface area contributed by atoms with Gasteiger partial charge in [-0.25, -0.2) is 0 Å². The maximum absolute atomic E-state index is 11.8. The molecule has 138 valence electrons. The third-order valence-corrected chi connectivity index (χ3v) is 5.18. The number of carbonyl (C=O) groups is 1. The van der Waals surface area contributed by atoms with Crippen LogP contribution in [-0.2, 0) is 4.79 Å². The second-order valence-corrected chi connectivity index (χ2v) is 6.68. The first-order valence-corrected chi connectivity index (χ1v) is 8.89. The van der Waals surface area contributed by atoms with Crippen LogP contribution in [0.5, 0.6) is 11.5 Å². The molecule has 1 aliphatic rings. The fraction of sp³-hybridized carbons (Fsp3) is 0.350. The van der Waals surface area contributed by atoms with Gasteiger partial charge in [-0.15, -0.1) is 0 Å². The average Bonchev–Trinajstić information content (AvgIpc) is 3.13. The zero-order valence-electron chi connectivity index (χ0n) is 14.8. The van der Waals surface area contributed by atoms with E-state index in [9.17, 15) is 9.90 Å². The summed E-state index contributed by atoms with van der Waals surface area (Å²) in [7, 11) is 3.17. The SMILES string of the molecule is COc1ccc(C(c2ccccc2Cl)N2CCCC2C(=O)O)cc1OC. The maximum atomic E-state index is 11.8. The zero-order chi connectivity index (χ0) is 18.7. The molecule has 1 fully saturated rings. The first-order chi connectivity index (χ1) is 12.6. The second-order valence-electron chi connectivity index (χ2n) is 6.27. The Kier molecular flexibility index (Phi) is 5.69. The number of rotatable bonds is 6. The van der Waals surface area contributed by atoms with Crippen LogP contribution in [0.1, 0.15) is 30.0 Å². The van der Waals surface area contributed by atoms with Gasteiger partial charge in [-0.2, -0.15) is 0 Å². The zero-order valence-corrected chi connectivity index (χ0v) is 15.6. The Hall–Kier alpha value is -2.24. The van der Waals surface area contributed by atoms with E-state index in [2.05, 4.69) is 0 Å². The Balaban J connectivity index is 2.12. The molecule has 1 aliphatic heterocycles. The van der Waals surface area contributed by atoms with Crippen LogP contribution >= 0.6 is 11.6 Å². The van der Waals surface area contributed by atoms with Gasteiger partial charge in [0.15, 0.2) is 11.5 Å². The van der Waals surface area contributed by atoms with Crippen molar-refractivity contribution >= 4 is 17.6 Å². The summed E-state index contributed by atoms with van der Waals surface area (Å²) in [6.45, 7) is 0.696. The number of carboxylic acid groups (broad SMARTS) is 1. The lowest BCUT2D eigenvalue weighted by atomic mass is 9.95. The third-order valence-electron chi connectivity index (χ3n) is 4.83. The van der Waals surface area contributed by atoms with Crippen molar-refractivity contribution < 1.29 is 19.4 Å². The Morgan fingerprint density at radius 3 is 2.58 bits per heavy atom. The predicted octanol–water partition coefficient (Wildman–Crippen LogP) is 4.00. The van der Waals surface area contributed by atoms with Gasteiger partial charge in [-0.05, 0) is 42.2 Å². The molecule has 2 atom stereocenters. The predicted molar refractivity (Wildman–Crippen MR) is 100 cm³/mol. The minimum Gasteiger partial charge on any atom is -0.493 e. The summed E-state index contributed by atoms with van der Waals surface area (Å²) in [6, 6.07) is 12.4. The molecular weight excluding hydrogens is 354 g/mol. The topological polar surface area (TPSA) is 59.0 Å². The van der Waals surface area contributed by atoms with Crippen LogP contribution < -0.4 is 9.47 Å². The molecule has 1 saturated heterocycles. The van der Waals surface area contributed by atoms with Crippen molar-refractivity contribution in [2.45, 2.75) is 24.9 Å². The summed E-state index contributed by atoms with van der Waals surface area (Å²) in [4.78, 5) is 13.8. The first kappa shape index (κ1) is 18.5. The molecule has 6 heteroatoms. The van der Waals surface area contributed by atoms with E-state index in [4.69, 9.17) is 21.1 Å². The quantitative estimate of drug-likeness (QED) is 0.827. The van der Waals surface area contributed by atoms with Crippen molar-refractivity contribution in [2.75, 3.05) is 20.8 Å². The summed E-state index contributed by atoms with van der Waals surface area (Å²) in [5, 5.41) is 10.3. The van der Waals surface area contributed by atoms with Crippen molar-refractivity contribution in [2.24, 2.45) is 0 Å². The van der Waals surface area contributed by atoms with E-state index >= 15 is 0 Å². The number of carboxylic acids is 1. The number of nitrogens with zero attached hydrogens (tertiary/aromatic N) is 1. The smallest absolute Gasteiger partial charge is 0.320 e. The molecule has 1 N–H and O–H groups in total. The van der Waals surface area contributed by atoms with Gasteiger partial charge in [-0.3, -0.25) is 9.69 Å². The monoisotopic (exact) mass is 375 g/mol. The molecule has 26 heavy (non-hydrogen) atoms. The number of methoxy groups -OCH3 is 2. The van der Waals surface area contributed by atoms with Crippen LogP contribution in [0.2, 0.25) is 5.02 Å². The molecule has 0 amide bonds. The summed E-state index contributed by atoms with van der Waals surface area (Å²) < 4.78 is 10.8. The minimum absolute atomic E-state index is 0.271. The van der Waals surface area contributed by atoms with Gasteiger partial charge >= 0.3 is 5.97 Å². The van der Waals surface area contributed by atoms with E-state index in [0.717, 1.165) is 17.5 Å². The van der Waals surface area contributed by atoms with Gasteiger partial charge in [0.25, 0.3) is 0 Å². The van der Waals surface area contributed by atoms with E-state index in [1.54, 1.807) is 14.2 Å². The highest BCUT2D eigenvalue weighted by molar-refractivity contribution is 6.31. The third kappa shape index (κ3) is 3.50. The van der Waals surface area contributed by atoms with E-state index < -0.39 is 12.0 Å². The minimum atomic E-state index is -0.806. The van der Waals surface area contributed by atoms with Crippen molar-refractivity contribution in [3.63, 3.8) is 0 Å². The molecule has 1 heterocycles. The Labute approximate surface area is 158 Å². The van der Waals surface area contributed by atoms with Crippen LogP contribution in [0.15, 0.2) is 42.5 Å². The van der Waals surface area contributed by atoms with Gasteiger partial charge in [-0.1, -0.05) is 35.9 Å². The van der Waals surface area contributed by atoms with Crippen LogP contribution in [0.25, 0.3) is 0 Å². The lowest BCUT2D eigenvalue weighted by Crippen LogP contribution is -2.39. The number of halogens is 1. The summed E-state index contributed by atoms with van der Waals surface area (Å²) >= 11 is 6.48. The first-order valence-electron chi connectivity index (χ1n) is 8.51. The molecular formula is C20H22ClNO4. The van der Waals surface area contributed by atoms with E-state index in [0.29, 0.717) is 29.5 Å². The fourth-order valence-electron chi connectivity index (χ4n) is 3.63. The Morgan fingerprint density at radius 1 is 1.19 bits per heavy atom. The lowest BCUT2D eigenvalue weighted by molar-refractivity contribution is -0.142. The highest BCUT2D eigenvalue weighted by Crippen LogP contribution is 2.40. The molecule has 0 radical (unpaired) electrons. The maximum Gasteiger partial charge on any atom is 0.320 e. The molecule has 3 rings (SSSR count). The number of hydrogen-bond donors (Lipinski definition) is 1. The van der Waals surface area contributed by atoms with Gasteiger partial charge in [0.05, 0.1) is 20.3 Å². The standard InChI is InChI=1S/C20H22ClNO4/c1-25-17-10-9-13(12-18(17)26-2)19(14-6-3-4-7-15(14)21)22-11-5-8-16(22)20(23)24/h3-4,6-7,9-10,12,16,19H,5,8,11H2,1-2H3,(H,23,24). The number of benzene rings is 2. The second kappa shape index (κ2) is 7.98. The van der Waals surface area contributed by atoms with Gasteiger partial charge in [0.1, 0.15) is 6.04 Å². The molecule has 5 nitrogen and oxygen atoms in total. The molecule has 0 bridgehead atoms. The molecule has 0 aromatic heterocycles. The lowest BCUT2D eigenvalue weighted by Gasteiger charge is -2.32. The van der Waals surface area contributed by atoms with Crippen molar-refractivity contribution in [1.82, 2.24) is 4.90 Å². The summed E-state index contributed by atoms with van der Waals surface area (Å²) in [5.41, 5.74) is 1.80. The van der Waals surface area contributed by atoms with Crippen LogP contribution in [-0.4, -0.2) is 42.8 Å². The molecule has 2 aromatic carbocycles. The number of aliphatic carboxylic acids is 1.